The molecular weight excluding hydrogens is 257 g/mol. The predicted octanol–water partition coefficient (Wildman–Crippen LogP) is 0.390. The van der Waals surface area contributed by atoms with E-state index < -0.39 is 15.8 Å². The summed E-state index contributed by atoms with van der Waals surface area (Å²) >= 11 is 0. The molecule has 5 nitrogen and oxygen atoms in total. The molecule has 0 radical (unpaired) electrons. The van der Waals surface area contributed by atoms with E-state index in [1.54, 1.807) is 0 Å². The zero-order valence-electron chi connectivity index (χ0n) is 10.1. The van der Waals surface area contributed by atoms with Gasteiger partial charge in [-0.25, -0.2) is 17.5 Å². The molecule has 2 rings (SSSR count). The van der Waals surface area contributed by atoms with Crippen molar-refractivity contribution in [3.8, 4) is 0 Å². The van der Waals surface area contributed by atoms with Gasteiger partial charge in [-0.05, 0) is 38.2 Å². The van der Waals surface area contributed by atoms with Gasteiger partial charge in [0, 0.05) is 12.6 Å². The number of nitrogens with zero attached hydrogens (tertiary/aromatic N) is 1. The SMILES string of the molecule is CN1CCC(NS(=O)(=O)c2ccc(F)cc2N)C1. The Kier molecular flexibility index (Phi) is 3.56. The summed E-state index contributed by atoms with van der Waals surface area (Å²) < 4.78 is 39.7. The van der Waals surface area contributed by atoms with Crippen molar-refractivity contribution in [3.05, 3.63) is 24.0 Å². The summed E-state index contributed by atoms with van der Waals surface area (Å²) in [6.45, 7) is 1.52. The van der Waals surface area contributed by atoms with Gasteiger partial charge in [-0.15, -0.1) is 0 Å². The number of hydrogen-bond acceptors (Lipinski definition) is 4. The van der Waals surface area contributed by atoms with Gasteiger partial charge < -0.3 is 10.6 Å². The topological polar surface area (TPSA) is 75.4 Å². The summed E-state index contributed by atoms with van der Waals surface area (Å²) in [7, 11) is -1.75. The Morgan fingerprint density at radius 3 is 2.78 bits per heavy atom. The van der Waals surface area contributed by atoms with E-state index in [1.165, 1.54) is 6.07 Å². The van der Waals surface area contributed by atoms with Crippen molar-refractivity contribution in [2.75, 3.05) is 25.9 Å². The largest absolute Gasteiger partial charge is 0.398 e. The van der Waals surface area contributed by atoms with E-state index in [9.17, 15) is 12.8 Å². The Balaban J connectivity index is 2.20. The van der Waals surface area contributed by atoms with E-state index in [-0.39, 0.29) is 16.6 Å². The van der Waals surface area contributed by atoms with Crippen molar-refractivity contribution >= 4 is 15.7 Å². The van der Waals surface area contributed by atoms with Crippen LogP contribution >= 0.6 is 0 Å². The van der Waals surface area contributed by atoms with E-state index in [1.807, 2.05) is 11.9 Å². The van der Waals surface area contributed by atoms with Crippen LogP contribution in [0.25, 0.3) is 0 Å². The molecule has 0 aliphatic carbocycles. The maximum absolute atomic E-state index is 12.9. The number of benzene rings is 1. The first-order valence-electron chi connectivity index (χ1n) is 5.64. The van der Waals surface area contributed by atoms with Crippen LogP contribution in [0.2, 0.25) is 0 Å². The van der Waals surface area contributed by atoms with Crippen LogP contribution in [0.3, 0.4) is 0 Å². The first-order valence-corrected chi connectivity index (χ1v) is 7.13. The first-order chi connectivity index (χ1) is 8.38. The number of anilines is 1. The summed E-state index contributed by atoms with van der Waals surface area (Å²) in [5.74, 6) is -0.549. The quantitative estimate of drug-likeness (QED) is 0.781. The molecule has 1 aromatic carbocycles. The minimum Gasteiger partial charge on any atom is -0.398 e. The molecule has 1 atom stereocenters. The van der Waals surface area contributed by atoms with Crippen molar-refractivity contribution in [3.63, 3.8) is 0 Å². The van der Waals surface area contributed by atoms with Crippen molar-refractivity contribution in [2.45, 2.75) is 17.4 Å². The van der Waals surface area contributed by atoms with Crippen molar-refractivity contribution in [1.82, 2.24) is 9.62 Å². The van der Waals surface area contributed by atoms with Crippen LogP contribution in [0.15, 0.2) is 23.1 Å². The number of nitrogens with two attached hydrogens (primary N) is 1. The maximum Gasteiger partial charge on any atom is 0.242 e. The number of nitrogen functional groups attached to an aromatic ring is 1. The van der Waals surface area contributed by atoms with E-state index >= 15 is 0 Å². The Morgan fingerprint density at radius 1 is 1.50 bits per heavy atom. The first kappa shape index (κ1) is 13.3. The Labute approximate surface area is 106 Å². The molecule has 3 N–H and O–H groups in total. The van der Waals surface area contributed by atoms with Gasteiger partial charge >= 0.3 is 0 Å². The lowest BCUT2D eigenvalue weighted by Gasteiger charge is -2.14. The van der Waals surface area contributed by atoms with Crippen molar-refractivity contribution in [1.29, 1.82) is 0 Å². The molecule has 1 aliphatic heterocycles. The highest BCUT2D eigenvalue weighted by Crippen LogP contribution is 2.20. The molecule has 18 heavy (non-hydrogen) atoms. The number of likely N-dealkylation sites (N-methyl/N-ethyl adjacent to an activating group) is 1. The van der Waals surface area contributed by atoms with Crippen molar-refractivity contribution < 1.29 is 12.8 Å². The van der Waals surface area contributed by atoms with Crippen LogP contribution in [0.5, 0.6) is 0 Å². The third-order valence-electron chi connectivity index (χ3n) is 2.97. The third-order valence-corrected chi connectivity index (χ3v) is 4.57. The Bertz CT molecular complexity index is 547. The van der Waals surface area contributed by atoms with Gasteiger partial charge in [-0.1, -0.05) is 0 Å². The van der Waals surface area contributed by atoms with E-state index in [0.29, 0.717) is 6.54 Å². The molecule has 1 saturated heterocycles. The minimum absolute atomic E-state index is 0.0709. The normalized spacial score (nSPS) is 21.3. The number of likely N-dealkylation sites (tertiary alicyclic amines) is 1. The summed E-state index contributed by atoms with van der Waals surface area (Å²) in [6.07, 6.45) is 0.761. The molecule has 0 amide bonds. The molecule has 100 valence electrons. The number of hydrogen-bond donors (Lipinski definition) is 2. The van der Waals surface area contributed by atoms with Crippen molar-refractivity contribution in [2.24, 2.45) is 0 Å². The minimum atomic E-state index is -3.68. The molecule has 1 aliphatic rings. The van der Waals surface area contributed by atoms with Gasteiger partial charge in [0.05, 0.1) is 5.69 Å². The van der Waals surface area contributed by atoms with Crippen LogP contribution in [0.1, 0.15) is 6.42 Å². The molecule has 0 spiro atoms. The smallest absolute Gasteiger partial charge is 0.242 e. The van der Waals surface area contributed by atoms with Gasteiger partial charge in [0.2, 0.25) is 10.0 Å². The highest BCUT2D eigenvalue weighted by atomic mass is 32.2. The van der Waals surface area contributed by atoms with Crippen LogP contribution in [0, 0.1) is 5.82 Å². The fourth-order valence-corrected chi connectivity index (χ4v) is 3.45. The summed E-state index contributed by atoms with van der Waals surface area (Å²) in [4.78, 5) is 1.97. The molecule has 1 aromatic rings. The van der Waals surface area contributed by atoms with Gasteiger partial charge in [-0.3, -0.25) is 0 Å². The second-order valence-corrected chi connectivity index (χ2v) is 6.23. The monoisotopic (exact) mass is 273 g/mol. The third kappa shape index (κ3) is 2.80. The van der Waals surface area contributed by atoms with E-state index in [2.05, 4.69) is 4.72 Å². The fourth-order valence-electron chi connectivity index (χ4n) is 2.08. The lowest BCUT2D eigenvalue weighted by molar-refractivity contribution is 0.407. The molecule has 7 heteroatoms. The lowest BCUT2D eigenvalue weighted by atomic mass is 10.3. The van der Waals surface area contributed by atoms with Gasteiger partial charge in [0.1, 0.15) is 10.7 Å². The molecule has 0 aromatic heterocycles. The predicted molar refractivity (Wildman–Crippen MR) is 67.0 cm³/mol. The average molecular weight is 273 g/mol. The highest BCUT2D eigenvalue weighted by Gasteiger charge is 2.26. The van der Waals surface area contributed by atoms with Gasteiger partial charge in [0.15, 0.2) is 0 Å². The molecule has 1 heterocycles. The summed E-state index contributed by atoms with van der Waals surface area (Å²) in [5, 5.41) is 0. The molecule has 0 bridgehead atoms. The summed E-state index contributed by atoms with van der Waals surface area (Å²) in [5.41, 5.74) is 5.46. The van der Waals surface area contributed by atoms with Crippen LogP contribution < -0.4 is 10.5 Å². The molecule has 1 fully saturated rings. The lowest BCUT2D eigenvalue weighted by Crippen LogP contribution is -2.36. The van der Waals surface area contributed by atoms with E-state index in [4.69, 9.17) is 5.73 Å². The molecule has 0 saturated carbocycles. The van der Waals surface area contributed by atoms with Gasteiger partial charge in [-0.2, -0.15) is 0 Å². The number of nitrogens with one attached hydrogen (secondary N) is 1. The van der Waals surface area contributed by atoms with E-state index in [0.717, 1.165) is 25.1 Å². The van der Waals surface area contributed by atoms with Gasteiger partial charge in [0.25, 0.3) is 0 Å². The Hall–Kier alpha value is -1.18. The zero-order valence-corrected chi connectivity index (χ0v) is 10.9. The molecule has 1 unspecified atom stereocenters. The maximum atomic E-state index is 12.9. The van der Waals surface area contributed by atoms with Crippen LogP contribution in [-0.4, -0.2) is 39.5 Å². The number of sulfonamides is 1. The summed E-state index contributed by atoms with van der Waals surface area (Å²) in [6, 6.07) is 3.16. The second kappa shape index (κ2) is 4.83. The molecular formula is C11H16FN3O2S. The average Bonchev–Trinajstić information content (AvgIpc) is 2.62. The standard InChI is InChI=1S/C11H16FN3O2S/c1-15-5-4-9(7-15)14-18(16,17)11-3-2-8(12)6-10(11)13/h2-3,6,9,14H,4-5,7,13H2,1H3. The second-order valence-electron chi connectivity index (χ2n) is 4.55. The zero-order chi connectivity index (χ0) is 13.3. The highest BCUT2D eigenvalue weighted by molar-refractivity contribution is 7.89. The van der Waals surface area contributed by atoms with Crippen LogP contribution in [-0.2, 0) is 10.0 Å². The fraction of sp³-hybridized carbons (Fsp3) is 0.455. The van der Waals surface area contributed by atoms with Crippen LogP contribution in [0.4, 0.5) is 10.1 Å². The number of halogens is 1. The number of rotatable bonds is 3. The Morgan fingerprint density at radius 2 is 2.22 bits per heavy atom.